The Kier molecular flexibility index (Phi) is 10.0. The van der Waals surface area contributed by atoms with E-state index in [4.69, 9.17) is 0 Å². The highest BCUT2D eigenvalue weighted by Crippen LogP contribution is 2.09. The normalized spacial score (nSPS) is 11.7. The maximum absolute atomic E-state index is 11.4. The van der Waals surface area contributed by atoms with Crippen LogP contribution in [-0.4, -0.2) is 46.2 Å². The largest absolute Gasteiger partial charge is 0.356 e. The summed E-state index contributed by atoms with van der Waals surface area (Å²) in [5.74, 6) is 1.76. The summed E-state index contributed by atoms with van der Waals surface area (Å²) >= 11 is 1.77. The van der Waals surface area contributed by atoms with Gasteiger partial charge < -0.3 is 10.6 Å². The van der Waals surface area contributed by atoms with Crippen LogP contribution in [0.3, 0.4) is 0 Å². The van der Waals surface area contributed by atoms with Crippen LogP contribution in [0.1, 0.15) is 5.56 Å². The lowest BCUT2D eigenvalue weighted by Crippen LogP contribution is -2.37. The van der Waals surface area contributed by atoms with E-state index in [1.165, 1.54) is 6.26 Å². The van der Waals surface area contributed by atoms with Gasteiger partial charge in [0, 0.05) is 32.1 Å². The first kappa shape index (κ1) is 20.5. The molecular formula is C13H22IN3O2S2. The van der Waals surface area contributed by atoms with Crippen molar-refractivity contribution >= 4 is 51.5 Å². The fourth-order valence-electron chi connectivity index (χ4n) is 1.53. The van der Waals surface area contributed by atoms with E-state index in [0.717, 1.165) is 23.8 Å². The zero-order valence-electron chi connectivity index (χ0n) is 12.4. The lowest BCUT2D eigenvalue weighted by atomic mass is 10.2. The van der Waals surface area contributed by atoms with Gasteiger partial charge in [0.25, 0.3) is 0 Å². The van der Waals surface area contributed by atoms with Gasteiger partial charge in [-0.2, -0.15) is 11.8 Å². The molecule has 0 saturated carbocycles. The molecule has 21 heavy (non-hydrogen) atoms. The second-order valence-electron chi connectivity index (χ2n) is 4.26. The van der Waals surface area contributed by atoms with Crippen molar-refractivity contribution in [3.8, 4) is 0 Å². The first-order valence-corrected chi connectivity index (χ1v) is 9.48. The molecule has 8 heteroatoms. The molecule has 0 aliphatic rings. The molecule has 0 spiro atoms. The van der Waals surface area contributed by atoms with Crippen LogP contribution in [0.25, 0.3) is 0 Å². The lowest BCUT2D eigenvalue weighted by Gasteiger charge is -2.11. The fraction of sp³-hybridized carbons (Fsp3) is 0.462. The van der Waals surface area contributed by atoms with E-state index in [0.29, 0.717) is 11.4 Å². The lowest BCUT2D eigenvalue weighted by molar-refractivity contribution is 0.602. The number of hydrogen-bond acceptors (Lipinski definition) is 4. The van der Waals surface area contributed by atoms with Gasteiger partial charge in [-0.3, -0.25) is 4.99 Å². The highest BCUT2D eigenvalue weighted by Gasteiger charge is 2.06. The van der Waals surface area contributed by atoms with Crippen molar-refractivity contribution in [2.75, 3.05) is 31.9 Å². The molecule has 120 valence electrons. The number of hydrogen-bond donors (Lipinski definition) is 2. The van der Waals surface area contributed by atoms with E-state index < -0.39 is 9.84 Å². The Balaban J connectivity index is 0.00000400. The minimum Gasteiger partial charge on any atom is -0.356 e. The Bertz CT molecular complexity index is 545. The summed E-state index contributed by atoms with van der Waals surface area (Å²) in [6.45, 7) is 1.46. The molecule has 1 rings (SSSR count). The summed E-state index contributed by atoms with van der Waals surface area (Å²) in [4.78, 5) is 4.46. The number of halogens is 1. The Morgan fingerprint density at radius 3 is 2.33 bits per heavy atom. The van der Waals surface area contributed by atoms with Gasteiger partial charge in [0.1, 0.15) is 0 Å². The zero-order chi connectivity index (χ0) is 15.0. The molecule has 0 heterocycles. The Morgan fingerprint density at radius 1 is 1.24 bits per heavy atom. The minimum absolute atomic E-state index is 0. The quantitative estimate of drug-likeness (QED) is 0.304. The van der Waals surface area contributed by atoms with Gasteiger partial charge in [0.05, 0.1) is 4.90 Å². The molecule has 1 aromatic rings. The Morgan fingerprint density at radius 2 is 1.86 bits per heavy atom. The predicted octanol–water partition coefficient (Wildman–Crippen LogP) is 1.74. The molecule has 2 N–H and O–H groups in total. The molecule has 0 radical (unpaired) electrons. The van der Waals surface area contributed by atoms with Gasteiger partial charge in [-0.05, 0) is 24.0 Å². The van der Waals surface area contributed by atoms with Crippen molar-refractivity contribution in [1.82, 2.24) is 10.6 Å². The summed E-state index contributed by atoms with van der Waals surface area (Å²) in [5.41, 5.74) is 1.00. The average molecular weight is 443 g/mol. The summed E-state index contributed by atoms with van der Waals surface area (Å²) in [6, 6.07) is 6.85. The average Bonchev–Trinajstić information content (AvgIpc) is 2.42. The number of sulfone groups is 1. The zero-order valence-corrected chi connectivity index (χ0v) is 16.4. The molecule has 0 aliphatic heterocycles. The van der Waals surface area contributed by atoms with Gasteiger partial charge in [0.2, 0.25) is 0 Å². The molecule has 0 unspecified atom stereocenters. The van der Waals surface area contributed by atoms with E-state index >= 15 is 0 Å². The van der Waals surface area contributed by atoms with Crippen LogP contribution in [0, 0.1) is 0 Å². The van der Waals surface area contributed by atoms with Gasteiger partial charge in [-0.1, -0.05) is 12.1 Å². The third-order valence-electron chi connectivity index (χ3n) is 2.63. The van der Waals surface area contributed by atoms with Crippen molar-refractivity contribution in [2.24, 2.45) is 4.99 Å². The van der Waals surface area contributed by atoms with Gasteiger partial charge in [0.15, 0.2) is 15.8 Å². The molecule has 0 saturated heterocycles. The standard InChI is InChI=1S/C13H21N3O2S2.HI/c1-14-13(15-8-9-19-2)16-10-11-4-6-12(7-5-11)20(3,17)18;/h4-7H,8-10H2,1-3H3,(H2,14,15,16);1H. The van der Waals surface area contributed by atoms with Crippen LogP contribution in [0.2, 0.25) is 0 Å². The van der Waals surface area contributed by atoms with E-state index in [1.807, 2.05) is 0 Å². The third kappa shape index (κ3) is 7.91. The summed E-state index contributed by atoms with van der Waals surface area (Å²) in [5, 5.41) is 6.38. The number of benzene rings is 1. The second kappa shape index (κ2) is 10.3. The van der Waals surface area contributed by atoms with Crippen LogP contribution >= 0.6 is 35.7 Å². The first-order chi connectivity index (χ1) is 9.47. The SMILES string of the molecule is CN=C(NCCSC)NCc1ccc(S(C)(=O)=O)cc1.I. The van der Waals surface area contributed by atoms with Gasteiger partial charge >= 0.3 is 0 Å². The molecule has 0 aliphatic carbocycles. The van der Waals surface area contributed by atoms with Crippen molar-refractivity contribution in [3.63, 3.8) is 0 Å². The van der Waals surface area contributed by atoms with Crippen molar-refractivity contribution in [1.29, 1.82) is 0 Å². The van der Waals surface area contributed by atoms with Crippen LogP contribution < -0.4 is 10.6 Å². The van der Waals surface area contributed by atoms with Crippen molar-refractivity contribution in [2.45, 2.75) is 11.4 Å². The van der Waals surface area contributed by atoms with Gasteiger partial charge in [-0.15, -0.1) is 24.0 Å². The Hall–Kier alpha value is -0.480. The second-order valence-corrected chi connectivity index (χ2v) is 7.26. The first-order valence-electron chi connectivity index (χ1n) is 6.20. The van der Waals surface area contributed by atoms with E-state index in [9.17, 15) is 8.42 Å². The molecule has 5 nitrogen and oxygen atoms in total. The number of thioether (sulfide) groups is 1. The number of nitrogens with zero attached hydrogens (tertiary/aromatic N) is 1. The minimum atomic E-state index is -3.13. The number of aliphatic imine (C=N–C) groups is 1. The summed E-state index contributed by atoms with van der Waals surface area (Å²) in [6.07, 6.45) is 3.26. The van der Waals surface area contributed by atoms with Crippen LogP contribution in [0.5, 0.6) is 0 Å². The highest BCUT2D eigenvalue weighted by molar-refractivity contribution is 14.0. The number of rotatable bonds is 6. The van der Waals surface area contributed by atoms with Crippen molar-refractivity contribution in [3.05, 3.63) is 29.8 Å². The molecule has 1 aromatic carbocycles. The molecule has 0 bridgehead atoms. The van der Waals surface area contributed by atoms with Crippen LogP contribution in [0.4, 0.5) is 0 Å². The van der Waals surface area contributed by atoms with Gasteiger partial charge in [-0.25, -0.2) is 8.42 Å². The maximum Gasteiger partial charge on any atom is 0.191 e. The number of guanidine groups is 1. The van der Waals surface area contributed by atoms with Crippen LogP contribution in [-0.2, 0) is 16.4 Å². The van der Waals surface area contributed by atoms with Crippen LogP contribution in [0.15, 0.2) is 34.2 Å². The highest BCUT2D eigenvalue weighted by atomic mass is 127. The maximum atomic E-state index is 11.4. The van der Waals surface area contributed by atoms with Crippen molar-refractivity contribution < 1.29 is 8.42 Å². The molecule has 0 amide bonds. The molecular weight excluding hydrogens is 421 g/mol. The summed E-state index contributed by atoms with van der Waals surface area (Å²) in [7, 11) is -1.41. The third-order valence-corrected chi connectivity index (χ3v) is 4.37. The molecule has 0 atom stereocenters. The van der Waals surface area contributed by atoms with E-state index in [-0.39, 0.29) is 24.0 Å². The topological polar surface area (TPSA) is 70.6 Å². The summed E-state index contributed by atoms with van der Waals surface area (Å²) < 4.78 is 22.7. The fourth-order valence-corrected chi connectivity index (χ4v) is 2.47. The smallest absolute Gasteiger partial charge is 0.191 e. The van der Waals surface area contributed by atoms with E-state index in [1.54, 1.807) is 43.1 Å². The molecule has 0 fully saturated rings. The Labute approximate surface area is 148 Å². The predicted molar refractivity (Wildman–Crippen MR) is 102 cm³/mol. The monoisotopic (exact) mass is 443 g/mol. The molecule has 0 aromatic heterocycles. The van der Waals surface area contributed by atoms with E-state index in [2.05, 4.69) is 21.9 Å². The number of nitrogens with one attached hydrogen (secondary N) is 2.